The predicted octanol–water partition coefficient (Wildman–Crippen LogP) is 4.46. The summed E-state index contributed by atoms with van der Waals surface area (Å²) in [6.45, 7) is 8.52. The molecule has 1 heterocycles. The third-order valence-corrected chi connectivity index (χ3v) is 4.91. The van der Waals surface area contributed by atoms with Gasteiger partial charge in [0.2, 0.25) is 0 Å². The molecule has 150 valence electrons. The summed E-state index contributed by atoms with van der Waals surface area (Å²) in [6.07, 6.45) is 3.03. The molecule has 0 saturated heterocycles. The lowest BCUT2D eigenvalue weighted by molar-refractivity contribution is 0.313. The Hall–Kier alpha value is -1.35. The fraction of sp³-hybridized carbons (Fsp3) is 0.500. The summed E-state index contributed by atoms with van der Waals surface area (Å²) in [5.41, 5.74) is 3.46. The zero-order valence-corrected chi connectivity index (χ0v) is 19.8. The standard InChI is InChI=1S/C20H30N4OS.HI/c1-5-11-25-18-12-15(2)8-9-17(18)13-23-20(21-4)22-10-6-7-19-24-16(3)14-26-19;/h8-9,12,14H,5-7,10-11,13H2,1-4H3,(H2,21,22,23);1H. The molecule has 0 bridgehead atoms. The van der Waals surface area contributed by atoms with Crippen molar-refractivity contribution in [2.45, 2.75) is 46.6 Å². The number of nitrogens with zero attached hydrogens (tertiary/aromatic N) is 2. The highest BCUT2D eigenvalue weighted by molar-refractivity contribution is 14.0. The summed E-state index contributed by atoms with van der Waals surface area (Å²) in [6, 6.07) is 6.33. The normalized spacial score (nSPS) is 11.0. The average molecular weight is 502 g/mol. The molecule has 0 aliphatic rings. The third kappa shape index (κ3) is 8.47. The molecular weight excluding hydrogens is 471 g/mol. The maximum atomic E-state index is 5.88. The van der Waals surface area contributed by atoms with E-state index in [0.29, 0.717) is 6.54 Å². The molecule has 1 aromatic carbocycles. The number of halogens is 1. The quantitative estimate of drug-likeness (QED) is 0.230. The van der Waals surface area contributed by atoms with E-state index in [2.05, 4.69) is 58.0 Å². The molecular formula is C20H31IN4OS. The molecule has 2 rings (SSSR count). The summed E-state index contributed by atoms with van der Waals surface area (Å²) in [7, 11) is 1.79. The molecule has 27 heavy (non-hydrogen) atoms. The van der Waals surface area contributed by atoms with Gasteiger partial charge in [-0.2, -0.15) is 0 Å². The van der Waals surface area contributed by atoms with E-state index in [1.54, 1.807) is 18.4 Å². The predicted molar refractivity (Wildman–Crippen MR) is 126 cm³/mol. The Kier molecular flexibility index (Phi) is 11.3. The molecule has 0 unspecified atom stereocenters. The van der Waals surface area contributed by atoms with Crippen molar-refractivity contribution in [3.8, 4) is 5.75 Å². The monoisotopic (exact) mass is 502 g/mol. The number of aromatic nitrogens is 1. The Morgan fingerprint density at radius 3 is 2.74 bits per heavy atom. The lowest BCUT2D eigenvalue weighted by atomic mass is 10.1. The minimum atomic E-state index is 0. The number of benzene rings is 1. The van der Waals surface area contributed by atoms with Crippen LogP contribution in [0.25, 0.3) is 0 Å². The van der Waals surface area contributed by atoms with Crippen LogP contribution in [0.2, 0.25) is 0 Å². The van der Waals surface area contributed by atoms with Crippen LogP contribution in [-0.2, 0) is 13.0 Å². The number of aliphatic imine (C=N–C) groups is 1. The molecule has 0 atom stereocenters. The fourth-order valence-corrected chi connectivity index (χ4v) is 3.34. The molecule has 7 heteroatoms. The summed E-state index contributed by atoms with van der Waals surface area (Å²) < 4.78 is 5.88. The van der Waals surface area contributed by atoms with E-state index in [9.17, 15) is 0 Å². The summed E-state index contributed by atoms with van der Waals surface area (Å²) in [5.74, 6) is 1.76. The van der Waals surface area contributed by atoms with Crippen molar-refractivity contribution in [2.24, 2.45) is 4.99 Å². The zero-order chi connectivity index (χ0) is 18.8. The molecule has 5 nitrogen and oxygen atoms in total. The highest BCUT2D eigenvalue weighted by Gasteiger charge is 2.06. The van der Waals surface area contributed by atoms with E-state index in [0.717, 1.165) is 55.4 Å². The topological polar surface area (TPSA) is 58.5 Å². The van der Waals surface area contributed by atoms with E-state index in [-0.39, 0.29) is 24.0 Å². The smallest absolute Gasteiger partial charge is 0.191 e. The van der Waals surface area contributed by atoms with Crippen LogP contribution in [0.3, 0.4) is 0 Å². The second kappa shape index (κ2) is 12.9. The Balaban J connectivity index is 0.00000364. The molecule has 2 aromatic rings. The van der Waals surface area contributed by atoms with Crippen molar-refractivity contribution >= 4 is 41.3 Å². The van der Waals surface area contributed by atoms with E-state index in [1.807, 2.05) is 6.92 Å². The van der Waals surface area contributed by atoms with Crippen molar-refractivity contribution in [3.63, 3.8) is 0 Å². The largest absolute Gasteiger partial charge is 0.493 e. The van der Waals surface area contributed by atoms with Gasteiger partial charge in [-0.15, -0.1) is 35.3 Å². The first kappa shape index (κ1) is 23.7. The van der Waals surface area contributed by atoms with Crippen molar-refractivity contribution in [3.05, 3.63) is 45.4 Å². The van der Waals surface area contributed by atoms with Gasteiger partial charge in [0.15, 0.2) is 5.96 Å². The van der Waals surface area contributed by atoms with Gasteiger partial charge in [0.25, 0.3) is 0 Å². The number of hydrogen-bond donors (Lipinski definition) is 2. The first-order valence-electron chi connectivity index (χ1n) is 9.20. The molecule has 2 N–H and O–H groups in total. The van der Waals surface area contributed by atoms with Crippen LogP contribution in [0.5, 0.6) is 5.75 Å². The molecule has 1 aromatic heterocycles. The van der Waals surface area contributed by atoms with Crippen molar-refractivity contribution in [2.75, 3.05) is 20.2 Å². The summed E-state index contributed by atoms with van der Waals surface area (Å²) >= 11 is 1.73. The average Bonchev–Trinajstić information content (AvgIpc) is 3.05. The number of aryl methyl sites for hydroxylation is 3. The van der Waals surface area contributed by atoms with Gasteiger partial charge in [0.05, 0.1) is 11.6 Å². The Morgan fingerprint density at radius 1 is 1.26 bits per heavy atom. The van der Waals surface area contributed by atoms with Gasteiger partial charge in [-0.25, -0.2) is 4.98 Å². The minimum Gasteiger partial charge on any atom is -0.493 e. The number of hydrogen-bond acceptors (Lipinski definition) is 4. The fourth-order valence-electron chi connectivity index (χ4n) is 2.52. The van der Waals surface area contributed by atoms with Crippen LogP contribution >= 0.6 is 35.3 Å². The van der Waals surface area contributed by atoms with Gasteiger partial charge in [-0.3, -0.25) is 4.99 Å². The van der Waals surface area contributed by atoms with Gasteiger partial charge in [-0.05, 0) is 38.3 Å². The Morgan fingerprint density at radius 2 is 2.07 bits per heavy atom. The second-order valence-electron chi connectivity index (χ2n) is 6.30. The van der Waals surface area contributed by atoms with Crippen LogP contribution in [0.15, 0.2) is 28.6 Å². The van der Waals surface area contributed by atoms with Gasteiger partial charge in [0, 0.05) is 43.2 Å². The van der Waals surface area contributed by atoms with Crippen LogP contribution in [0, 0.1) is 13.8 Å². The highest BCUT2D eigenvalue weighted by Crippen LogP contribution is 2.20. The Labute approximate surface area is 184 Å². The molecule has 0 radical (unpaired) electrons. The van der Waals surface area contributed by atoms with Crippen LogP contribution < -0.4 is 15.4 Å². The van der Waals surface area contributed by atoms with E-state index < -0.39 is 0 Å². The first-order chi connectivity index (χ1) is 12.6. The third-order valence-electron chi connectivity index (χ3n) is 3.88. The molecule has 0 saturated carbocycles. The maximum absolute atomic E-state index is 5.88. The number of nitrogens with one attached hydrogen (secondary N) is 2. The zero-order valence-electron chi connectivity index (χ0n) is 16.7. The molecule has 0 spiro atoms. The first-order valence-corrected chi connectivity index (χ1v) is 10.1. The van der Waals surface area contributed by atoms with Gasteiger partial charge >= 0.3 is 0 Å². The number of guanidine groups is 1. The maximum Gasteiger partial charge on any atom is 0.191 e. The van der Waals surface area contributed by atoms with Crippen LogP contribution in [0.4, 0.5) is 0 Å². The molecule has 0 aliphatic carbocycles. The van der Waals surface area contributed by atoms with Crippen molar-refractivity contribution in [1.29, 1.82) is 0 Å². The van der Waals surface area contributed by atoms with Crippen molar-refractivity contribution in [1.82, 2.24) is 15.6 Å². The van der Waals surface area contributed by atoms with E-state index in [4.69, 9.17) is 4.74 Å². The van der Waals surface area contributed by atoms with Crippen LogP contribution in [0.1, 0.15) is 41.6 Å². The second-order valence-corrected chi connectivity index (χ2v) is 7.24. The van der Waals surface area contributed by atoms with E-state index in [1.165, 1.54) is 10.6 Å². The van der Waals surface area contributed by atoms with Gasteiger partial charge < -0.3 is 15.4 Å². The number of rotatable bonds is 9. The summed E-state index contributed by atoms with van der Waals surface area (Å²) in [4.78, 5) is 8.80. The number of ether oxygens (including phenoxy) is 1. The minimum absolute atomic E-state index is 0. The summed E-state index contributed by atoms with van der Waals surface area (Å²) in [5, 5.41) is 10.0. The van der Waals surface area contributed by atoms with Gasteiger partial charge in [0.1, 0.15) is 5.75 Å². The Bertz CT molecular complexity index is 718. The highest BCUT2D eigenvalue weighted by atomic mass is 127. The van der Waals surface area contributed by atoms with E-state index >= 15 is 0 Å². The van der Waals surface area contributed by atoms with Crippen molar-refractivity contribution < 1.29 is 4.74 Å². The van der Waals surface area contributed by atoms with Gasteiger partial charge in [-0.1, -0.05) is 19.1 Å². The lowest BCUT2D eigenvalue weighted by Crippen LogP contribution is -2.37. The molecule has 0 fully saturated rings. The SMILES string of the molecule is CCCOc1cc(C)ccc1CNC(=NC)NCCCc1nc(C)cs1.I. The number of thiazole rings is 1. The molecule has 0 amide bonds. The van der Waals surface area contributed by atoms with Crippen LogP contribution in [-0.4, -0.2) is 31.1 Å². The molecule has 0 aliphatic heterocycles. The lowest BCUT2D eigenvalue weighted by Gasteiger charge is -2.15.